The topological polar surface area (TPSA) is 52.0 Å². The van der Waals surface area contributed by atoms with E-state index in [-0.39, 0.29) is 0 Å². The maximum absolute atomic E-state index is 5.46. The predicted molar refractivity (Wildman–Crippen MR) is 44.5 cm³/mol. The van der Waals surface area contributed by atoms with Crippen molar-refractivity contribution in [1.29, 1.82) is 0 Å². The maximum Gasteiger partial charge on any atom is 0.222 e. The number of hydrogen-bond acceptors (Lipinski definition) is 3. The van der Waals surface area contributed by atoms with E-state index < -0.39 is 0 Å². The van der Waals surface area contributed by atoms with Gasteiger partial charge in [-0.1, -0.05) is 5.16 Å². The van der Waals surface area contributed by atoms with Crippen LogP contribution < -0.4 is 5.73 Å². The lowest BCUT2D eigenvalue weighted by Gasteiger charge is -2.05. The van der Waals surface area contributed by atoms with Gasteiger partial charge in [-0.3, -0.25) is 0 Å². The first-order chi connectivity index (χ1) is 5.83. The van der Waals surface area contributed by atoms with Gasteiger partial charge in [0, 0.05) is 12.0 Å². The first-order valence-electron chi connectivity index (χ1n) is 4.55. The number of nitrogens with zero attached hydrogens (tertiary/aromatic N) is 1. The molecule has 2 atom stereocenters. The largest absolute Gasteiger partial charge is 0.368 e. The molecule has 2 aliphatic rings. The van der Waals surface area contributed by atoms with Crippen LogP contribution in [0.2, 0.25) is 0 Å². The Morgan fingerprint density at radius 1 is 1.33 bits per heavy atom. The molecule has 0 saturated heterocycles. The van der Waals surface area contributed by atoms with E-state index >= 15 is 0 Å². The fourth-order valence-electron chi connectivity index (χ4n) is 2.45. The summed E-state index contributed by atoms with van der Waals surface area (Å²) in [6.07, 6.45) is 4.05. The molecule has 1 heterocycles. The van der Waals surface area contributed by atoms with Gasteiger partial charge in [0.2, 0.25) is 5.88 Å². The lowest BCUT2D eigenvalue weighted by molar-refractivity contribution is 0.416. The minimum Gasteiger partial charge on any atom is -0.368 e. The summed E-state index contributed by atoms with van der Waals surface area (Å²) in [4.78, 5) is 0. The fourth-order valence-corrected chi connectivity index (χ4v) is 2.45. The van der Waals surface area contributed by atoms with Crippen LogP contribution in [0, 0.1) is 11.8 Å². The van der Waals surface area contributed by atoms with Gasteiger partial charge in [-0.15, -0.1) is 0 Å². The highest BCUT2D eigenvalue weighted by Crippen LogP contribution is 2.57. The van der Waals surface area contributed by atoms with Crippen LogP contribution in [-0.4, -0.2) is 5.16 Å². The Bertz CT molecular complexity index is 297. The zero-order chi connectivity index (χ0) is 8.13. The molecule has 2 aliphatic carbocycles. The zero-order valence-electron chi connectivity index (χ0n) is 6.86. The Morgan fingerprint density at radius 3 is 2.67 bits per heavy atom. The van der Waals surface area contributed by atoms with Gasteiger partial charge in [-0.2, -0.15) is 0 Å². The van der Waals surface area contributed by atoms with E-state index in [9.17, 15) is 0 Å². The molecule has 1 aromatic rings. The Kier molecular flexibility index (Phi) is 1.10. The molecule has 0 aliphatic heterocycles. The predicted octanol–water partition coefficient (Wildman–Crippen LogP) is 1.77. The number of fused-ring (bicyclic) bond motifs is 1. The number of rotatable bonds is 1. The van der Waals surface area contributed by atoms with Gasteiger partial charge in [0.05, 0.1) is 5.69 Å². The highest BCUT2D eigenvalue weighted by molar-refractivity contribution is 5.27. The normalized spacial score (nSPS) is 38.2. The number of anilines is 1. The summed E-state index contributed by atoms with van der Waals surface area (Å²) in [6, 6.07) is 1.87. The van der Waals surface area contributed by atoms with E-state index in [4.69, 9.17) is 10.3 Å². The van der Waals surface area contributed by atoms with Gasteiger partial charge in [-0.25, -0.2) is 0 Å². The third-order valence-electron chi connectivity index (χ3n) is 3.21. The van der Waals surface area contributed by atoms with Crippen molar-refractivity contribution in [3.05, 3.63) is 11.8 Å². The SMILES string of the molecule is Nc1cc(C2CC3CC3C2)no1. The number of nitrogens with two attached hydrogens (primary N) is 1. The lowest BCUT2D eigenvalue weighted by Crippen LogP contribution is -1.95. The van der Waals surface area contributed by atoms with Crippen LogP contribution >= 0.6 is 0 Å². The molecule has 2 fully saturated rings. The molecule has 0 aromatic carbocycles. The average Bonchev–Trinajstić information content (AvgIpc) is 2.49. The molecular formula is C9H12N2O. The highest BCUT2D eigenvalue weighted by Gasteiger charge is 2.46. The monoisotopic (exact) mass is 164 g/mol. The zero-order valence-corrected chi connectivity index (χ0v) is 6.86. The van der Waals surface area contributed by atoms with Gasteiger partial charge in [0.15, 0.2) is 0 Å². The van der Waals surface area contributed by atoms with Crippen molar-refractivity contribution in [2.45, 2.75) is 25.2 Å². The van der Waals surface area contributed by atoms with Crippen molar-refractivity contribution in [2.75, 3.05) is 5.73 Å². The second-order valence-corrected chi connectivity index (χ2v) is 4.08. The summed E-state index contributed by atoms with van der Waals surface area (Å²) in [6.45, 7) is 0. The Hall–Kier alpha value is -0.990. The molecule has 0 radical (unpaired) electrons. The van der Waals surface area contributed by atoms with E-state index in [0.29, 0.717) is 11.8 Å². The molecule has 0 spiro atoms. The Morgan fingerprint density at radius 2 is 2.08 bits per heavy atom. The van der Waals surface area contributed by atoms with Crippen LogP contribution in [0.15, 0.2) is 10.6 Å². The number of aromatic nitrogens is 1. The van der Waals surface area contributed by atoms with Crippen LogP contribution in [0.25, 0.3) is 0 Å². The van der Waals surface area contributed by atoms with Gasteiger partial charge in [-0.05, 0) is 31.1 Å². The van der Waals surface area contributed by atoms with Crippen molar-refractivity contribution in [2.24, 2.45) is 11.8 Å². The second kappa shape index (κ2) is 2.03. The molecule has 12 heavy (non-hydrogen) atoms. The van der Waals surface area contributed by atoms with Crippen LogP contribution in [0.3, 0.4) is 0 Å². The van der Waals surface area contributed by atoms with Crippen LogP contribution in [0.5, 0.6) is 0 Å². The van der Waals surface area contributed by atoms with E-state index in [1.54, 1.807) is 0 Å². The van der Waals surface area contributed by atoms with E-state index in [1.165, 1.54) is 19.3 Å². The van der Waals surface area contributed by atoms with Crippen LogP contribution in [0.1, 0.15) is 30.9 Å². The molecule has 3 rings (SSSR count). The van der Waals surface area contributed by atoms with Gasteiger partial charge in [0.1, 0.15) is 0 Å². The molecule has 2 unspecified atom stereocenters. The average molecular weight is 164 g/mol. The molecule has 0 bridgehead atoms. The van der Waals surface area contributed by atoms with Gasteiger partial charge in [0.25, 0.3) is 0 Å². The third-order valence-corrected chi connectivity index (χ3v) is 3.21. The summed E-state index contributed by atoms with van der Waals surface area (Å²) in [5, 5.41) is 3.95. The maximum atomic E-state index is 5.46. The van der Waals surface area contributed by atoms with Crippen LogP contribution in [-0.2, 0) is 0 Å². The molecule has 64 valence electrons. The Balaban J connectivity index is 1.81. The quantitative estimate of drug-likeness (QED) is 0.688. The molecule has 0 amide bonds. The standard InChI is InChI=1S/C9H12N2O/c10-9-4-8(11-12-9)7-2-5-1-6(5)3-7/h4-7H,1-3,10H2. The van der Waals surface area contributed by atoms with Crippen molar-refractivity contribution in [3.8, 4) is 0 Å². The Labute approximate surface area is 70.9 Å². The lowest BCUT2D eigenvalue weighted by atomic mass is 10.00. The van der Waals surface area contributed by atoms with Crippen molar-refractivity contribution >= 4 is 5.88 Å². The molecular weight excluding hydrogens is 152 g/mol. The molecule has 2 N–H and O–H groups in total. The first kappa shape index (κ1) is 6.52. The summed E-state index contributed by atoms with van der Waals surface area (Å²) in [5.74, 6) is 3.07. The fraction of sp³-hybridized carbons (Fsp3) is 0.667. The van der Waals surface area contributed by atoms with Crippen molar-refractivity contribution in [3.63, 3.8) is 0 Å². The van der Waals surface area contributed by atoms with Crippen molar-refractivity contribution in [1.82, 2.24) is 5.16 Å². The minimum absolute atomic E-state index is 0.450. The van der Waals surface area contributed by atoms with E-state index in [0.717, 1.165) is 17.5 Å². The summed E-state index contributed by atoms with van der Waals surface area (Å²) in [5.41, 5.74) is 6.53. The van der Waals surface area contributed by atoms with Gasteiger partial charge < -0.3 is 10.3 Å². The summed E-state index contributed by atoms with van der Waals surface area (Å²) >= 11 is 0. The highest BCUT2D eigenvalue weighted by atomic mass is 16.5. The molecule has 3 nitrogen and oxygen atoms in total. The van der Waals surface area contributed by atoms with Crippen molar-refractivity contribution < 1.29 is 4.52 Å². The minimum atomic E-state index is 0.450. The summed E-state index contributed by atoms with van der Waals surface area (Å²) < 4.78 is 4.85. The van der Waals surface area contributed by atoms with Crippen LogP contribution in [0.4, 0.5) is 5.88 Å². The first-order valence-corrected chi connectivity index (χ1v) is 4.55. The molecule has 1 aromatic heterocycles. The van der Waals surface area contributed by atoms with E-state index in [2.05, 4.69) is 5.16 Å². The summed E-state index contributed by atoms with van der Waals surface area (Å²) in [7, 11) is 0. The molecule has 3 heteroatoms. The molecule has 2 saturated carbocycles. The van der Waals surface area contributed by atoms with E-state index in [1.807, 2.05) is 6.07 Å². The second-order valence-electron chi connectivity index (χ2n) is 4.08. The smallest absolute Gasteiger partial charge is 0.222 e. The number of nitrogen functional groups attached to an aromatic ring is 1. The van der Waals surface area contributed by atoms with Gasteiger partial charge >= 0.3 is 0 Å². The number of hydrogen-bond donors (Lipinski definition) is 1. The third kappa shape index (κ3) is 0.854.